The largest absolute Gasteiger partial charge is 0.379 e. The monoisotopic (exact) mass is 391 g/mol. The number of nitrogens with one attached hydrogen (secondary N) is 1. The summed E-state index contributed by atoms with van der Waals surface area (Å²) in [4.78, 5) is 12.9. The first-order chi connectivity index (χ1) is 12.8. The van der Waals surface area contributed by atoms with Gasteiger partial charge in [0.15, 0.2) is 0 Å². The Balaban J connectivity index is 1.85. The average molecular weight is 391 g/mol. The lowest BCUT2D eigenvalue weighted by Crippen LogP contribution is -2.40. The van der Waals surface area contributed by atoms with E-state index in [4.69, 9.17) is 4.74 Å². The number of amides is 1. The van der Waals surface area contributed by atoms with E-state index in [2.05, 4.69) is 19.2 Å². The quantitative estimate of drug-likeness (QED) is 0.849. The topological polar surface area (TPSA) is 80.6 Å². The number of aromatic nitrogens is 1. The third-order valence-corrected chi connectivity index (χ3v) is 6.52. The number of hydrogen-bond donors (Lipinski definition) is 1. The van der Waals surface area contributed by atoms with Gasteiger partial charge in [-0.25, -0.2) is 8.42 Å². The van der Waals surface area contributed by atoms with E-state index in [0.717, 1.165) is 11.3 Å². The van der Waals surface area contributed by atoms with Gasteiger partial charge in [0.2, 0.25) is 10.0 Å². The number of hydrogen-bond acceptors (Lipinski definition) is 4. The lowest BCUT2D eigenvalue weighted by Gasteiger charge is -2.25. The smallest absolute Gasteiger partial charge is 0.272 e. The Labute approximate surface area is 160 Å². The van der Waals surface area contributed by atoms with E-state index in [0.29, 0.717) is 32.0 Å². The maximum Gasteiger partial charge on any atom is 0.272 e. The van der Waals surface area contributed by atoms with E-state index in [1.807, 2.05) is 24.3 Å². The normalized spacial score (nSPS) is 15.9. The molecule has 2 aromatic rings. The molecule has 0 bridgehead atoms. The summed E-state index contributed by atoms with van der Waals surface area (Å²) >= 11 is 0. The molecule has 1 aromatic heterocycles. The summed E-state index contributed by atoms with van der Waals surface area (Å²) < 4.78 is 33.8. The Morgan fingerprint density at radius 1 is 1.19 bits per heavy atom. The molecule has 1 fully saturated rings. The molecule has 146 valence electrons. The fourth-order valence-corrected chi connectivity index (χ4v) is 4.62. The molecular weight excluding hydrogens is 366 g/mol. The van der Waals surface area contributed by atoms with E-state index < -0.39 is 10.0 Å². The molecule has 3 rings (SSSR count). The van der Waals surface area contributed by atoms with Crippen LogP contribution in [-0.4, -0.2) is 49.5 Å². The minimum atomic E-state index is -3.64. The lowest BCUT2D eigenvalue weighted by molar-refractivity contribution is 0.0730. The standard InChI is InChI=1S/C19H25N3O4S/c1-14(2)16-6-4-5-7-17(16)20-19(23)18-12-15(13-21(18)3)27(24,25)22-8-10-26-11-9-22/h4-7,12-14H,8-11H2,1-3H3,(H,20,23). The number of morpholine rings is 1. The number of sulfonamides is 1. The highest BCUT2D eigenvalue weighted by molar-refractivity contribution is 7.89. The molecule has 7 nitrogen and oxygen atoms in total. The number of nitrogens with zero attached hydrogens (tertiary/aromatic N) is 2. The zero-order valence-corrected chi connectivity index (χ0v) is 16.6. The van der Waals surface area contributed by atoms with Crippen LogP contribution in [0.5, 0.6) is 0 Å². The van der Waals surface area contributed by atoms with E-state index in [9.17, 15) is 13.2 Å². The van der Waals surface area contributed by atoms with Crippen molar-refractivity contribution in [3.63, 3.8) is 0 Å². The molecule has 8 heteroatoms. The molecule has 0 saturated carbocycles. The number of para-hydroxylation sites is 1. The van der Waals surface area contributed by atoms with Crippen LogP contribution in [0.25, 0.3) is 0 Å². The first-order valence-electron chi connectivity index (χ1n) is 8.95. The van der Waals surface area contributed by atoms with Gasteiger partial charge in [-0.05, 0) is 23.6 Å². The van der Waals surface area contributed by atoms with Gasteiger partial charge in [-0.1, -0.05) is 32.0 Å². The molecule has 1 N–H and O–H groups in total. The molecule has 1 aliphatic rings. The fraction of sp³-hybridized carbons (Fsp3) is 0.421. The van der Waals surface area contributed by atoms with Crippen molar-refractivity contribution in [1.29, 1.82) is 0 Å². The maximum atomic E-state index is 12.8. The highest BCUT2D eigenvalue weighted by atomic mass is 32.2. The number of carbonyl (C=O) groups excluding carboxylic acids is 1. The van der Waals surface area contributed by atoms with E-state index in [1.165, 1.54) is 16.6 Å². The van der Waals surface area contributed by atoms with Gasteiger partial charge < -0.3 is 14.6 Å². The molecule has 1 saturated heterocycles. The predicted octanol–water partition coefficient (Wildman–Crippen LogP) is 2.42. The van der Waals surface area contributed by atoms with Crippen LogP contribution in [0.3, 0.4) is 0 Å². The van der Waals surface area contributed by atoms with Crippen LogP contribution in [0.4, 0.5) is 5.69 Å². The second-order valence-electron chi connectivity index (χ2n) is 6.88. The molecular formula is C19H25N3O4S. The third-order valence-electron chi connectivity index (χ3n) is 4.65. The van der Waals surface area contributed by atoms with Crippen molar-refractivity contribution in [2.75, 3.05) is 31.6 Å². The number of benzene rings is 1. The van der Waals surface area contributed by atoms with Gasteiger partial charge in [0, 0.05) is 32.0 Å². The second-order valence-corrected chi connectivity index (χ2v) is 8.82. The Morgan fingerprint density at radius 2 is 1.85 bits per heavy atom. The van der Waals surface area contributed by atoms with Crippen LogP contribution in [0, 0.1) is 0 Å². The summed E-state index contributed by atoms with van der Waals surface area (Å²) in [6.45, 7) is 5.51. The molecule has 27 heavy (non-hydrogen) atoms. The molecule has 1 amide bonds. The molecule has 0 aliphatic carbocycles. The summed E-state index contributed by atoms with van der Waals surface area (Å²) in [5.74, 6) is -0.0822. The molecule has 0 radical (unpaired) electrons. The molecule has 1 aliphatic heterocycles. The van der Waals surface area contributed by atoms with Crippen molar-refractivity contribution in [2.24, 2.45) is 7.05 Å². The van der Waals surface area contributed by atoms with Crippen molar-refractivity contribution >= 4 is 21.6 Å². The van der Waals surface area contributed by atoms with E-state index in [-0.39, 0.29) is 16.7 Å². The SMILES string of the molecule is CC(C)c1ccccc1NC(=O)c1cc(S(=O)(=O)N2CCOCC2)cn1C. The average Bonchev–Trinajstić information content (AvgIpc) is 3.05. The number of anilines is 1. The maximum absolute atomic E-state index is 12.8. The van der Waals surface area contributed by atoms with Crippen LogP contribution in [0.1, 0.15) is 35.8 Å². The van der Waals surface area contributed by atoms with E-state index in [1.54, 1.807) is 11.6 Å². The number of aryl methyl sites for hydroxylation is 1. The van der Waals surface area contributed by atoms with Gasteiger partial charge in [-0.15, -0.1) is 0 Å². The predicted molar refractivity (Wildman–Crippen MR) is 103 cm³/mol. The summed E-state index contributed by atoms with van der Waals surface area (Å²) in [5, 5.41) is 2.91. The molecule has 0 unspecified atom stereocenters. The van der Waals surface area contributed by atoms with Crippen LogP contribution in [-0.2, 0) is 21.8 Å². The summed E-state index contributed by atoms with van der Waals surface area (Å²) in [5.41, 5.74) is 2.05. The molecule has 1 aromatic carbocycles. The minimum Gasteiger partial charge on any atom is -0.379 e. The van der Waals surface area contributed by atoms with Gasteiger partial charge in [0.05, 0.1) is 13.2 Å². The van der Waals surface area contributed by atoms with Crippen molar-refractivity contribution in [3.05, 3.63) is 47.8 Å². The van der Waals surface area contributed by atoms with E-state index >= 15 is 0 Å². The van der Waals surface area contributed by atoms with Crippen molar-refractivity contribution in [1.82, 2.24) is 8.87 Å². The molecule has 0 atom stereocenters. The summed E-state index contributed by atoms with van der Waals surface area (Å²) in [6.07, 6.45) is 1.48. The van der Waals surface area contributed by atoms with Crippen LogP contribution in [0.2, 0.25) is 0 Å². The molecule has 2 heterocycles. The Morgan fingerprint density at radius 3 is 2.52 bits per heavy atom. The second kappa shape index (κ2) is 7.84. The van der Waals surface area contributed by atoms with Gasteiger partial charge in [0.25, 0.3) is 5.91 Å². The minimum absolute atomic E-state index is 0.120. The number of carbonyl (C=O) groups is 1. The molecule has 0 spiro atoms. The first kappa shape index (κ1) is 19.6. The first-order valence-corrected chi connectivity index (χ1v) is 10.4. The highest BCUT2D eigenvalue weighted by Crippen LogP contribution is 2.25. The van der Waals surface area contributed by atoms with Gasteiger partial charge in [-0.2, -0.15) is 4.31 Å². The van der Waals surface area contributed by atoms with Crippen molar-refractivity contribution in [3.8, 4) is 0 Å². The summed E-state index contributed by atoms with van der Waals surface area (Å²) in [7, 11) is -1.97. The van der Waals surface area contributed by atoms with Crippen LogP contribution >= 0.6 is 0 Å². The summed E-state index contributed by atoms with van der Waals surface area (Å²) in [6, 6.07) is 9.04. The zero-order valence-electron chi connectivity index (χ0n) is 15.8. The highest BCUT2D eigenvalue weighted by Gasteiger charge is 2.29. The van der Waals surface area contributed by atoms with Crippen LogP contribution < -0.4 is 5.32 Å². The Hall–Kier alpha value is -2.16. The third kappa shape index (κ3) is 4.07. The van der Waals surface area contributed by atoms with Gasteiger partial charge in [0.1, 0.15) is 10.6 Å². The lowest BCUT2D eigenvalue weighted by atomic mass is 10.0. The zero-order chi connectivity index (χ0) is 19.6. The fourth-order valence-electron chi connectivity index (χ4n) is 3.14. The van der Waals surface area contributed by atoms with Crippen LogP contribution in [0.15, 0.2) is 41.4 Å². The van der Waals surface area contributed by atoms with Gasteiger partial charge >= 0.3 is 0 Å². The van der Waals surface area contributed by atoms with Crippen molar-refractivity contribution in [2.45, 2.75) is 24.7 Å². The number of rotatable bonds is 5. The Bertz CT molecular complexity index is 928. The number of ether oxygens (including phenoxy) is 1. The van der Waals surface area contributed by atoms with Crippen molar-refractivity contribution < 1.29 is 17.9 Å². The Kier molecular flexibility index (Phi) is 5.69. The van der Waals surface area contributed by atoms with Gasteiger partial charge in [-0.3, -0.25) is 4.79 Å².